The standard InChI is InChI=1S/C17H18N2O6S/c1-4-12-10(3)26-16(15(12)17(21)24-5-2)18-13(20)8-6-11-7-9-14(25-11)19(22)23/h6-9H,4-5H2,1-3H3,(H,18,20). The molecule has 0 aliphatic carbocycles. The van der Waals surface area contributed by atoms with E-state index in [1.54, 1.807) is 6.92 Å². The Morgan fingerprint density at radius 2 is 2.12 bits per heavy atom. The van der Waals surface area contributed by atoms with Crippen LogP contribution in [0.3, 0.4) is 0 Å². The Morgan fingerprint density at radius 1 is 1.38 bits per heavy atom. The van der Waals surface area contributed by atoms with Gasteiger partial charge in [0.1, 0.15) is 15.7 Å². The van der Waals surface area contributed by atoms with Crippen molar-refractivity contribution in [2.24, 2.45) is 0 Å². The molecule has 8 nitrogen and oxygen atoms in total. The third kappa shape index (κ3) is 4.37. The first kappa shape index (κ1) is 19.4. The molecule has 0 saturated heterocycles. The molecule has 0 radical (unpaired) electrons. The minimum atomic E-state index is -0.663. The van der Waals surface area contributed by atoms with Crippen LogP contribution >= 0.6 is 11.3 Å². The first-order valence-corrected chi connectivity index (χ1v) is 8.71. The minimum Gasteiger partial charge on any atom is -0.462 e. The first-order valence-electron chi connectivity index (χ1n) is 7.90. The van der Waals surface area contributed by atoms with E-state index >= 15 is 0 Å². The van der Waals surface area contributed by atoms with Crippen LogP contribution in [-0.4, -0.2) is 23.4 Å². The topological polar surface area (TPSA) is 112 Å². The number of anilines is 1. The first-order chi connectivity index (χ1) is 12.4. The van der Waals surface area contributed by atoms with E-state index < -0.39 is 22.7 Å². The average molecular weight is 378 g/mol. The summed E-state index contributed by atoms with van der Waals surface area (Å²) in [6.45, 7) is 5.75. The van der Waals surface area contributed by atoms with Crippen molar-refractivity contribution in [1.82, 2.24) is 0 Å². The number of amides is 1. The van der Waals surface area contributed by atoms with Crippen LogP contribution in [0, 0.1) is 17.0 Å². The number of furan rings is 1. The molecule has 138 valence electrons. The van der Waals surface area contributed by atoms with Gasteiger partial charge in [0.2, 0.25) is 5.91 Å². The molecule has 1 N–H and O–H groups in total. The normalized spacial score (nSPS) is 10.9. The highest BCUT2D eigenvalue weighted by Crippen LogP contribution is 2.34. The molecule has 0 aromatic carbocycles. The molecule has 0 aliphatic rings. The van der Waals surface area contributed by atoms with Gasteiger partial charge in [-0.05, 0) is 38.0 Å². The molecular weight excluding hydrogens is 360 g/mol. The van der Waals surface area contributed by atoms with E-state index in [0.717, 1.165) is 10.4 Å². The van der Waals surface area contributed by atoms with Crippen molar-refractivity contribution in [3.63, 3.8) is 0 Å². The second-order valence-electron chi connectivity index (χ2n) is 5.17. The fourth-order valence-corrected chi connectivity index (χ4v) is 3.49. The summed E-state index contributed by atoms with van der Waals surface area (Å²) in [6, 6.07) is 2.59. The average Bonchev–Trinajstić information content (AvgIpc) is 3.17. The van der Waals surface area contributed by atoms with Crippen LogP contribution in [0.15, 0.2) is 22.6 Å². The Bertz CT molecular complexity index is 865. The van der Waals surface area contributed by atoms with Gasteiger partial charge in [-0.3, -0.25) is 14.9 Å². The number of hydrogen-bond acceptors (Lipinski definition) is 7. The third-order valence-electron chi connectivity index (χ3n) is 3.47. The summed E-state index contributed by atoms with van der Waals surface area (Å²) in [7, 11) is 0. The molecule has 0 atom stereocenters. The van der Waals surface area contributed by atoms with Crippen LogP contribution in [0.1, 0.15) is 40.4 Å². The summed E-state index contributed by atoms with van der Waals surface area (Å²) in [5.41, 5.74) is 1.21. The molecule has 0 aliphatic heterocycles. The molecule has 2 aromatic rings. The van der Waals surface area contributed by atoms with Crippen molar-refractivity contribution < 1.29 is 23.7 Å². The van der Waals surface area contributed by atoms with Crippen molar-refractivity contribution in [3.8, 4) is 0 Å². The molecule has 2 rings (SSSR count). The number of carbonyl (C=O) groups excluding carboxylic acids is 2. The van der Waals surface area contributed by atoms with E-state index in [4.69, 9.17) is 9.15 Å². The maximum Gasteiger partial charge on any atom is 0.433 e. The van der Waals surface area contributed by atoms with E-state index in [9.17, 15) is 19.7 Å². The lowest BCUT2D eigenvalue weighted by Gasteiger charge is -2.06. The van der Waals surface area contributed by atoms with Gasteiger partial charge in [-0.15, -0.1) is 11.3 Å². The lowest BCUT2D eigenvalue weighted by atomic mass is 10.1. The van der Waals surface area contributed by atoms with Crippen molar-refractivity contribution in [2.75, 3.05) is 11.9 Å². The monoisotopic (exact) mass is 378 g/mol. The lowest BCUT2D eigenvalue weighted by molar-refractivity contribution is -0.402. The fraction of sp³-hybridized carbons (Fsp3) is 0.294. The Hall–Kier alpha value is -2.94. The van der Waals surface area contributed by atoms with E-state index in [1.807, 2.05) is 13.8 Å². The van der Waals surface area contributed by atoms with Gasteiger partial charge in [0.05, 0.1) is 18.2 Å². The largest absolute Gasteiger partial charge is 0.462 e. The minimum absolute atomic E-state index is 0.175. The van der Waals surface area contributed by atoms with E-state index in [0.29, 0.717) is 17.0 Å². The lowest BCUT2D eigenvalue weighted by Crippen LogP contribution is -2.13. The van der Waals surface area contributed by atoms with Gasteiger partial charge in [-0.1, -0.05) is 6.92 Å². The van der Waals surface area contributed by atoms with Crippen molar-refractivity contribution in [2.45, 2.75) is 27.2 Å². The number of hydrogen-bond donors (Lipinski definition) is 1. The zero-order valence-corrected chi connectivity index (χ0v) is 15.3. The second kappa shape index (κ2) is 8.43. The zero-order chi connectivity index (χ0) is 19.3. The number of nitro groups is 1. The van der Waals surface area contributed by atoms with E-state index in [1.165, 1.54) is 35.6 Å². The number of nitrogens with one attached hydrogen (secondary N) is 1. The molecule has 0 spiro atoms. The number of esters is 1. The van der Waals surface area contributed by atoms with Crippen LogP contribution in [0.25, 0.3) is 6.08 Å². The number of aryl methyl sites for hydroxylation is 1. The molecule has 0 unspecified atom stereocenters. The summed E-state index contributed by atoms with van der Waals surface area (Å²) >= 11 is 1.30. The van der Waals surface area contributed by atoms with Crippen LogP contribution in [0.5, 0.6) is 0 Å². The number of rotatable bonds is 7. The van der Waals surface area contributed by atoms with E-state index in [2.05, 4.69) is 5.32 Å². The Balaban J connectivity index is 2.18. The van der Waals surface area contributed by atoms with Crippen molar-refractivity contribution in [3.05, 3.63) is 50.1 Å². The number of nitrogens with zero attached hydrogens (tertiary/aromatic N) is 1. The Kier molecular flexibility index (Phi) is 6.29. The number of thiophene rings is 1. The van der Waals surface area contributed by atoms with E-state index in [-0.39, 0.29) is 12.4 Å². The SMILES string of the molecule is CCOC(=O)c1c(NC(=O)C=Cc2ccc([N+](=O)[O-])o2)sc(C)c1CC. The van der Waals surface area contributed by atoms with Crippen LogP contribution < -0.4 is 5.32 Å². The van der Waals surface area contributed by atoms with Gasteiger partial charge >= 0.3 is 11.9 Å². The van der Waals surface area contributed by atoms with Crippen molar-refractivity contribution >= 4 is 40.2 Å². The highest BCUT2D eigenvalue weighted by atomic mass is 32.1. The summed E-state index contributed by atoms with van der Waals surface area (Å²) in [5.74, 6) is -1.20. The van der Waals surface area contributed by atoms with Gasteiger partial charge < -0.3 is 14.5 Å². The number of ether oxygens (including phenoxy) is 1. The summed E-state index contributed by atoms with van der Waals surface area (Å²) in [4.78, 5) is 35.2. The molecule has 0 fully saturated rings. The quantitative estimate of drug-likeness (QED) is 0.338. The molecular formula is C17H18N2O6S. The summed E-state index contributed by atoms with van der Waals surface area (Å²) in [5, 5.41) is 13.7. The van der Waals surface area contributed by atoms with Crippen molar-refractivity contribution in [1.29, 1.82) is 0 Å². The Labute approximate surface area is 153 Å². The molecule has 0 bridgehead atoms. The predicted octanol–water partition coefficient (Wildman–Crippen LogP) is 3.95. The highest BCUT2D eigenvalue weighted by molar-refractivity contribution is 7.16. The summed E-state index contributed by atoms with van der Waals surface area (Å²) in [6.07, 6.45) is 3.13. The third-order valence-corrected chi connectivity index (χ3v) is 4.53. The molecule has 2 heterocycles. The molecule has 1 amide bonds. The van der Waals surface area contributed by atoms with Gasteiger partial charge in [0.15, 0.2) is 0 Å². The smallest absolute Gasteiger partial charge is 0.433 e. The molecule has 9 heteroatoms. The maximum absolute atomic E-state index is 12.2. The Morgan fingerprint density at radius 3 is 2.69 bits per heavy atom. The molecule has 2 aromatic heterocycles. The van der Waals surface area contributed by atoms with Crippen LogP contribution in [-0.2, 0) is 16.0 Å². The van der Waals surface area contributed by atoms with Gasteiger partial charge in [-0.25, -0.2) is 4.79 Å². The maximum atomic E-state index is 12.2. The van der Waals surface area contributed by atoms with Gasteiger partial charge in [0, 0.05) is 11.0 Å². The summed E-state index contributed by atoms with van der Waals surface area (Å²) < 4.78 is 10.0. The van der Waals surface area contributed by atoms with Gasteiger partial charge in [-0.2, -0.15) is 0 Å². The van der Waals surface area contributed by atoms with Crippen LogP contribution in [0.2, 0.25) is 0 Å². The van der Waals surface area contributed by atoms with Crippen LogP contribution in [0.4, 0.5) is 10.9 Å². The molecule has 26 heavy (non-hydrogen) atoms. The fourth-order valence-electron chi connectivity index (χ4n) is 2.35. The second-order valence-corrected chi connectivity index (χ2v) is 6.40. The zero-order valence-electron chi connectivity index (χ0n) is 14.5. The molecule has 0 saturated carbocycles. The number of carbonyl (C=O) groups is 2. The predicted molar refractivity (Wildman–Crippen MR) is 97.4 cm³/mol. The highest BCUT2D eigenvalue weighted by Gasteiger charge is 2.23. The van der Waals surface area contributed by atoms with Gasteiger partial charge in [0.25, 0.3) is 0 Å².